The monoisotopic (exact) mass is 349 g/mol. The maximum atomic E-state index is 11.9. The second kappa shape index (κ2) is 8.02. The van der Waals surface area contributed by atoms with Gasteiger partial charge in [0.25, 0.3) is 5.91 Å². The van der Waals surface area contributed by atoms with Crippen LogP contribution in [0.2, 0.25) is 5.02 Å². The molecule has 0 saturated heterocycles. The largest absolute Gasteiger partial charge is 0.456 e. The fraction of sp³-hybridized carbons (Fsp3) is 0.579. The van der Waals surface area contributed by atoms with Gasteiger partial charge in [-0.25, -0.2) is 0 Å². The summed E-state index contributed by atoms with van der Waals surface area (Å²) < 4.78 is 5.12. The van der Waals surface area contributed by atoms with Crippen LogP contribution < -0.4 is 5.32 Å². The van der Waals surface area contributed by atoms with E-state index in [0.717, 1.165) is 17.9 Å². The van der Waals surface area contributed by atoms with Crippen LogP contribution in [0.4, 0.5) is 0 Å². The average molecular weight is 350 g/mol. The van der Waals surface area contributed by atoms with Crippen molar-refractivity contribution in [1.29, 1.82) is 0 Å². The molecule has 0 spiro atoms. The Morgan fingerprint density at radius 1 is 1.25 bits per heavy atom. The Labute approximate surface area is 147 Å². The van der Waals surface area contributed by atoms with Crippen LogP contribution in [0.1, 0.15) is 37.7 Å². The molecule has 1 amide bonds. The molecule has 2 fully saturated rings. The Morgan fingerprint density at radius 3 is 2.83 bits per heavy atom. The molecule has 2 aliphatic carbocycles. The third kappa shape index (κ3) is 4.73. The number of esters is 1. The molecule has 2 aliphatic rings. The fourth-order valence-corrected chi connectivity index (χ4v) is 4.35. The third-order valence-corrected chi connectivity index (χ3v) is 5.54. The molecule has 3 rings (SSSR count). The molecule has 130 valence electrons. The molecule has 2 saturated carbocycles. The van der Waals surface area contributed by atoms with Crippen molar-refractivity contribution in [2.75, 3.05) is 13.2 Å². The van der Waals surface area contributed by atoms with E-state index in [1.165, 1.54) is 19.3 Å². The van der Waals surface area contributed by atoms with Crippen LogP contribution in [-0.2, 0) is 20.7 Å². The summed E-state index contributed by atoms with van der Waals surface area (Å²) in [6.07, 6.45) is 6.19. The van der Waals surface area contributed by atoms with Gasteiger partial charge in [0.15, 0.2) is 6.61 Å². The van der Waals surface area contributed by atoms with Crippen LogP contribution in [0.5, 0.6) is 0 Å². The van der Waals surface area contributed by atoms with Gasteiger partial charge in [-0.3, -0.25) is 9.59 Å². The van der Waals surface area contributed by atoms with Crippen LogP contribution in [0.15, 0.2) is 24.3 Å². The van der Waals surface area contributed by atoms with Gasteiger partial charge in [0.05, 0.1) is 0 Å². The van der Waals surface area contributed by atoms with Gasteiger partial charge >= 0.3 is 5.97 Å². The molecular weight excluding hydrogens is 326 g/mol. The minimum Gasteiger partial charge on any atom is -0.456 e. The molecule has 0 heterocycles. The zero-order chi connectivity index (χ0) is 16.9. The van der Waals surface area contributed by atoms with Crippen molar-refractivity contribution in [3.63, 3.8) is 0 Å². The Morgan fingerprint density at radius 2 is 2.12 bits per heavy atom. The first-order valence-corrected chi connectivity index (χ1v) is 9.14. The lowest BCUT2D eigenvalue weighted by Crippen LogP contribution is -2.31. The Bertz CT molecular complexity index is 604. The quantitative estimate of drug-likeness (QED) is 0.768. The van der Waals surface area contributed by atoms with Gasteiger partial charge in [-0.15, -0.1) is 0 Å². The first-order valence-electron chi connectivity index (χ1n) is 8.77. The van der Waals surface area contributed by atoms with Crippen LogP contribution in [0, 0.1) is 17.8 Å². The smallest absolute Gasteiger partial charge is 0.306 e. The Kier molecular flexibility index (Phi) is 5.77. The number of fused-ring (bicyclic) bond motifs is 2. The first-order chi connectivity index (χ1) is 11.6. The highest BCUT2D eigenvalue weighted by Crippen LogP contribution is 2.49. The van der Waals surface area contributed by atoms with Crippen molar-refractivity contribution >= 4 is 23.5 Å². The van der Waals surface area contributed by atoms with Crippen molar-refractivity contribution in [2.45, 2.75) is 38.5 Å². The van der Waals surface area contributed by atoms with Crippen molar-refractivity contribution in [1.82, 2.24) is 5.32 Å². The van der Waals surface area contributed by atoms with E-state index in [1.54, 1.807) is 0 Å². The van der Waals surface area contributed by atoms with E-state index in [2.05, 4.69) is 5.32 Å². The predicted octanol–water partition coefficient (Wildman–Crippen LogP) is 3.37. The molecule has 1 aromatic rings. The number of carbonyl (C=O) groups excluding carboxylic acids is 2. The number of benzene rings is 1. The number of ether oxygens (including phenoxy) is 1. The molecule has 2 bridgehead atoms. The second-order valence-electron chi connectivity index (χ2n) is 7.03. The molecule has 1 N–H and O–H groups in total. The third-order valence-electron chi connectivity index (χ3n) is 5.30. The van der Waals surface area contributed by atoms with Crippen LogP contribution in [0.3, 0.4) is 0 Å². The van der Waals surface area contributed by atoms with E-state index in [-0.39, 0.29) is 18.5 Å². The van der Waals surface area contributed by atoms with Gasteiger partial charge in [0, 0.05) is 18.0 Å². The molecule has 3 atom stereocenters. The number of hydrogen-bond acceptors (Lipinski definition) is 3. The van der Waals surface area contributed by atoms with Crippen LogP contribution >= 0.6 is 11.6 Å². The molecule has 1 aromatic carbocycles. The summed E-state index contributed by atoms with van der Waals surface area (Å²) in [5, 5.41) is 3.46. The van der Waals surface area contributed by atoms with Crippen LogP contribution in [0.25, 0.3) is 0 Å². The lowest BCUT2D eigenvalue weighted by atomic mass is 9.86. The standard InChI is InChI=1S/C19H24ClNO3/c20-17-3-1-2-13(10-17)6-7-21-18(22)12-24-19(23)11-16-9-14-4-5-15(16)8-14/h1-3,10,14-16H,4-9,11-12H2,(H,21,22)/t14-,15-,16+/m1/s1. The second-order valence-corrected chi connectivity index (χ2v) is 7.47. The summed E-state index contributed by atoms with van der Waals surface area (Å²) in [5.41, 5.74) is 1.07. The van der Waals surface area contributed by atoms with E-state index in [0.29, 0.717) is 36.2 Å². The topological polar surface area (TPSA) is 55.4 Å². The lowest BCUT2D eigenvalue weighted by Gasteiger charge is -2.20. The summed E-state index contributed by atoms with van der Waals surface area (Å²) in [4.78, 5) is 23.7. The average Bonchev–Trinajstić information content (AvgIpc) is 3.16. The number of rotatable bonds is 7. The Hall–Kier alpha value is -1.55. The molecular formula is C19H24ClNO3. The normalized spacial score (nSPS) is 24.8. The molecule has 0 radical (unpaired) electrons. The minimum absolute atomic E-state index is 0.185. The highest BCUT2D eigenvalue weighted by atomic mass is 35.5. The predicted molar refractivity (Wildman–Crippen MR) is 92.7 cm³/mol. The SMILES string of the molecule is O=C(COC(=O)C[C@@H]1C[C@@H]2CC[C@@H]1C2)NCCc1cccc(Cl)c1. The van der Waals surface area contributed by atoms with E-state index in [4.69, 9.17) is 16.3 Å². The van der Waals surface area contributed by atoms with E-state index >= 15 is 0 Å². The van der Waals surface area contributed by atoms with Gasteiger partial charge in [0.1, 0.15) is 0 Å². The van der Waals surface area contributed by atoms with Crippen molar-refractivity contribution < 1.29 is 14.3 Å². The lowest BCUT2D eigenvalue weighted by molar-refractivity contribution is -0.149. The molecule has 24 heavy (non-hydrogen) atoms. The van der Waals surface area contributed by atoms with Gasteiger partial charge in [0.2, 0.25) is 0 Å². The van der Waals surface area contributed by atoms with Crippen molar-refractivity contribution in [3.8, 4) is 0 Å². The van der Waals surface area contributed by atoms with Crippen molar-refractivity contribution in [3.05, 3.63) is 34.9 Å². The molecule has 0 aliphatic heterocycles. The zero-order valence-corrected chi connectivity index (χ0v) is 14.6. The molecule has 4 nitrogen and oxygen atoms in total. The van der Waals surface area contributed by atoms with Crippen LogP contribution in [-0.4, -0.2) is 25.0 Å². The summed E-state index contributed by atoms with van der Waals surface area (Å²) in [6.45, 7) is 0.318. The molecule has 5 heteroatoms. The maximum Gasteiger partial charge on any atom is 0.306 e. The highest BCUT2D eigenvalue weighted by molar-refractivity contribution is 6.30. The fourth-order valence-electron chi connectivity index (χ4n) is 4.14. The minimum atomic E-state index is -0.252. The van der Waals surface area contributed by atoms with Gasteiger partial charge in [-0.05, 0) is 61.1 Å². The van der Waals surface area contributed by atoms with E-state index in [9.17, 15) is 9.59 Å². The van der Waals surface area contributed by atoms with E-state index in [1.807, 2.05) is 24.3 Å². The molecule has 0 aromatic heterocycles. The summed E-state index contributed by atoms with van der Waals surface area (Å²) in [6, 6.07) is 7.55. The molecule has 0 unspecified atom stereocenters. The van der Waals surface area contributed by atoms with Gasteiger partial charge < -0.3 is 10.1 Å². The number of hydrogen-bond donors (Lipinski definition) is 1. The maximum absolute atomic E-state index is 11.9. The zero-order valence-electron chi connectivity index (χ0n) is 13.8. The summed E-state index contributed by atoms with van der Waals surface area (Å²) in [5.74, 6) is 1.51. The Balaban J connectivity index is 1.30. The number of amides is 1. The van der Waals surface area contributed by atoms with Crippen molar-refractivity contribution in [2.24, 2.45) is 17.8 Å². The van der Waals surface area contributed by atoms with Gasteiger partial charge in [-0.1, -0.05) is 30.2 Å². The number of nitrogens with one attached hydrogen (secondary N) is 1. The summed E-state index contributed by atoms with van der Waals surface area (Å²) in [7, 11) is 0. The number of halogens is 1. The first kappa shape index (κ1) is 17.3. The highest BCUT2D eigenvalue weighted by Gasteiger charge is 2.40. The number of carbonyl (C=O) groups is 2. The van der Waals surface area contributed by atoms with Gasteiger partial charge in [-0.2, -0.15) is 0 Å². The summed E-state index contributed by atoms with van der Waals surface area (Å²) >= 11 is 5.92. The van der Waals surface area contributed by atoms with E-state index < -0.39 is 0 Å².